The first-order valence-corrected chi connectivity index (χ1v) is 5.45. The lowest BCUT2D eigenvalue weighted by atomic mass is 9.93. The van der Waals surface area contributed by atoms with E-state index in [4.69, 9.17) is 5.73 Å². The molecule has 16 heavy (non-hydrogen) atoms. The Hall–Kier alpha value is -1.71. The summed E-state index contributed by atoms with van der Waals surface area (Å²) in [7, 11) is 1.35. The van der Waals surface area contributed by atoms with E-state index >= 15 is 0 Å². The number of hydrogen-bond acceptors (Lipinski definition) is 4. The second-order valence-electron chi connectivity index (χ2n) is 4.07. The summed E-state index contributed by atoms with van der Waals surface area (Å²) in [6, 6.07) is 5.90. The minimum absolute atomic E-state index is 0.394. The first-order chi connectivity index (χ1) is 7.70. The molecule has 0 heterocycles. The van der Waals surface area contributed by atoms with Crippen LogP contribution in [0.5, 0.6) is 0 Å². The Morgan fingerprint density at radius 1 is 1.50 bits per heavy atom. The van der Waals surface area contributed by atoms with Crippen LogP contribution in [0.15, 0.2) is 18.2 Å². The molecule has 0 spiro atoms. The third-order valence-corrected chi connectivity index (χ3v) is 2.93. The molecule has 0 bridgehead atoms. The normalized spacial score (nSPS) is 15.3. The minimum Gasteiger partial charge on any atom is -0.465 e. The van der Waals surface area contributed by atoms with Gasteiger partial charge in [0.25, 0.3) is 0 Å². The van der Waals surface area contributed by atoms with E-state index in [2.05, 4.69) is 10.1 Å². The quantitative estimate of drug-likeness (QED) is 0.604. The predicted molar refractivity (Wildman–Crippen MR) is 63.5 cm³/mol. The van der Waals surface area contributed by atoms with Crippen molar-refractivity contribution < 1.29 is 9.53 Å². The van der Waals surface area contributed by atoms with E-state index in [1.54, 1.807) is 12.1 Å². The number of ether oxygens (including phenoxy) is 1. The molecule has 1 aliphatic carbocycles. The van der Waals surface area contributed by atoms with Crippen LogP contribution < -0.4 is 11.1 Å². The summed E-state index contributed by atoms with van der Waals surface area (Å²) in [5.41, 5.74) is 7.52. The zero-order chi connectivity index (χ0) is 11.5. The molecule has 0 aliphatic heterocycles. The first-order valence-electron chi connectivity index (χ1n) is 5.45. The number of hydrogen-bond donors (Lipinski definition) is 2. The summed E-state index contributed by atoms with van der Waals surface area (Å²) >= 11 is 0. The molecule has 0 radical (unpaired) electrons. The van der Waals surface area contributed by atoms with Crippen molar-refractivity contribution in [2.45, 2.75) is 25.3 Å². The fraction of sp³-hybridized carbons (Fsp3) is 0.417. The molecule has 0 saturated heterocycles. The summed E-state index contributed by atoms with van der Waals surface area (Å²) < 4.78 is 4.67. The standard InChI is InChI=1S/C12H16N2O2/c1-16-12(15)10-7-9(5-6-11(10)13)14-8-3-2-4-8/h5-8,14H,2-4,13H2,1H3. The molecule has 4 heteroatoms. The highest BCUT2D eigenvalue weighted by atomic mass is 16.5. The smallest absolute Gasteiger partial charge is 0.340 e. The van der Waals surface area contributed by atoms with Gasteiger partial charge in [-0.25, -0.2) is 4.79 Å². The van der Waals surface area contributed by atoms with Gasteiger partial charge in [0.1, 0.15) is 0 Å². The molecule has 1 fully saturated rings. The fourth-order valence-corrected chi connectivity index (χ4v) is 1.72. The van der Waals surface area contributed by atoms with E-state index in [9.17, 15) is 4.79 Å². The van der Waals surface area contributed by atoms with E-state index in [0.29, 0.717) is 17.3 Å². The van der Waals surface area contributed by atoms with Gasteiger partial charge in [0.2, 0.25) is 0 Å². The van der Waals surface area contributed by atoms with E-state index in [1.807, 2.05) is 6.07 Å². The Bertz CT molecular complexity index is 400. The summed E-state index contributed by atoms with van der Waals surface area (Å²) in [5, 5.41) is 3.36. The molecule has 1 saturated carbocycles. The Labute approximate surface area is 94.8 Å². The van der Waals surface area contributed by atoms with Gasteiger partial charge < -0.3 is 15.8 Å². The van der Waals surface area contributed by atoms with Crippen LogP contribution in [0.3, 0.4) is 0 Å². The number of anilines is 2. The summed E-state index contributed by atoms with van der Waals surface area (Å²) in [6.07, 6.45) is 3.66. The molecule has 2 rings (SSSR count). The second-order valence-corrected chi connectivity index (χ2v) is 4.07. The second kappa shape index (κ2) is 4.43. The van der Waals surface area contributed by atoms with Gasteiger partial charge in [0.05, 0.1) is 12.7 Å². The third-order valence-electron chi connectivity index (χ3n) is 2.93. The molecule has 3 N–H and O–H groups in total. The minimum atomic E-state index is -0.394. The number of carbonyl (C=O) groups excluding carboxylic acids is 1. The highest BCUT2D eigenvalue weighted by molar-refractivity contribution is 5.96. The van der Waals surface area contributed by atoms with Crippen LogP contribution in [-0.4, -0.2) is 19.1 Å². The van der Waals surface area contributed by atoms with Gasteiger partial charge >= 0.3 is 5.97 Å². The maximum Gasteiger partial charge on any atom is 0.340 e. The average molecular weight is 220 g/mol. The van der Waals surface area contributed by atoms with Crippen LogP contribution in [0.1, 0.15) is 29.6 Å². The van der Waals surface area contributed by atoms with Crippen molar-refractivity contribution >= 4 is 17.3 Å². The van der Waals surface area contributed by atoms with Crippen molar-refractivity contribution in [3.8, 4) is 0 Å². The monoisotopic (exact) mass is 220 g/mol. The Balaban J connectivity index is 2.17. The first kappa shape index (κ1) is 10.8. The third kappa shape index (κ3) is 2.10. The lowest BCUT2D eigenvalue weighted by Crippen LogP contribution is -2.27. The summed E-state index contributed by atoms with van der Waals surface area (Å²) in [4.78, 5) is 11.4. The number of methoxy groups -OCH3 is 1. The van der Waals surface area contributed by atoms with Gasteiger partial charge in [-0.2, -0.15) is 0 Å². The average Bonchev–Trinajstić information content (AvgIpc) is 2.24. The molecule has 1 aliphatic rings. The molecular formula is C12H16N2O2. The number of nitrogens with two attached hydrogens (primary N) is 1. The van der Waals surface area contributed by atoms with Crippen molar-refractivity contribution in [2.75, 3.05) is 18.2 Å². The van der Waals surface area contributed by atoms with Crippen molar-refractivity contribution in [1.29, 1.82) is 0 Å². The SMILES string of the molecule is COC(=O)c1cc(NC2CCC2)ccc1N. The Morgan fingerprint density at radius 3 is 2.81 bits per heavy atom. The van der Waals surface area contributed by atoms with E-state index in [0.717, 1.165) is 5.69 Å². The van der Waals surface area contributed by atoms with Crippen LogP contribution in [0.2, 0.25) is 0 Å². The number of carbonyl (C=O) groups is 1. The lowest BCUT2D eigenvalue weighted by Gasteiger charge is -2.27. The molecule has 86 valence electrons. The number of esters is 1. The van der Waals surface area contributed by atoms with Crippen LogP contribution in [0.4, 0.5) is 11.4 Å². The van der Waals surface area contributed by atoms with Crippen molar-refractivity contribution in [3.63, 3.8) is 0 Å². The van der Waals surface area contributed by atoms with E-state index in [-0.39, 0.29) is 0 Å². The van der Waals surface area contributed by atoms with E-state index in [1.165, 1.54) is 26.4 Å². The maximum absolute atomic E-state index is 11.4. The molecule has 0 atom stereocenters. The Kier molecular flexibility index (Phi) is 2.99. The summed E-state index contributed by atoms with van der Waals surface area (Å²) in [5.74, 6) is -0.394. The molecule has 1 aromatic carbocycles. The predicted octanol–water partition coefficient (Wildman–Crippen LogP) is 2.02. The maximum atomic E-state index is 11.4. The zero-order valence-electron chi connectivity index (χ0n) is 9.32. The number of rotatable bonds is 3. The van der Waals surface area contributed by atoms with Crippen LogP contribution in [-0.2, 0) is 4.74 Å². The van der Waals surface area contributed by atoms with Crippen molar-refractivity contribution in [2.24, 2.45) is 0 Å². The molecular weight excluding hydrogens is 204 g/mol. The lowest BCUT2D eigenvalue weighted by molar-refractivity contribution is 0.0602. The van der Waals surface area contributed by atoms with Gasteiger partial charge in [0.15, 0.2) is 0 Å². The van der Waals surface area contributed by atoms with Gasteiger partial charge in [-0.05, 0) is 37.5 Å². The molecule has 0 amide bonds. The topological polar surface area (TPSA) is 64.3 Å². The largest absolute Gasteiger partial charge is 0.465 e. The van der Waals surface area contributed by atoms with E-state index < -0.39 is 5.97 Å². The molecule has 1 aromatic rings. The van der Waals surface area contributed by atoms with Crippen LogP contribution >= 0.6 is 0 Å². The molecule has 0 aromatic heterocycles. The van der Waals surface area contributed by atoms with Gasteiger partial charge in [-0.3, -0.25) is 0 Å². The highest BCUT2D eigenvalue weighted by Gasteiger charge is 2.18. The Morgan fingerprint density at radius 2 is 2.25 bits per heavy atom. The van der Waals surface area contributed by atoms with Crippen LogP contribution in [0, 0.1) is 0 Å². The zero-order valence-corrected chi connectivity index (χ0v) is 9.32. The van der Waals surface area contributed by atoms with Gasteiger partial charge in [0, 0.05) is 17.4 Å². The molecule has 4 nitrogen and oxygen atoms in total. The van der Waals surface area contributed by atoms with Gasteiger partial charge in [-0.15, -0.1) is 0 Å². The van der Waals surface area contributed by atoms with Crippen LogP contribution in [0.25, 0.3) is 0 Å². The van der Waals surface area contributed by atoms with Crippen molar-refractivity contribution in [1.82, 2.24) is 0 Å². The molecule has 0 unspecified atom stereocenters. The van der Waals surface area contributed by atoms with Crippen molar-refractivity contribution in [3.05, 3.63) is 23.8 Å². The fourth-order valence-electron chi connectivity index (χ4n) is 1.72. The number of nitrogen functional groups attached to an aromatic ring is 1. The summed E-state index contributed by atoms with van der Waals surface area (Å²) in [6.45, 7) is 0. The number of benzene rings is 1. The highest BCUT2D eigenvalue weighted by Crippen LogP contribution is 2.25. The number of nitrogens with one attached hydrogen (secondary N) is 1. The van der Waals surface area contributed by atoms with Gasteiger partial charge in [-0.1, -0.05) is 0 Å².